The molecular weight excluding hydrogens is 682 g/mol. The van der Waals surface area contributed by atoms with Gasteiger partial charge in [-0.1, -0.05) is 45.0 Å². The van der Waals surface area contributed by atoms with Crippen LogP contribution in [0.5, 0.6) is 0 Å². The van der Waals surface area contributed by atoms with Crippen LogP contribution in [0, 0.1) is 0 Å². The summed E-state index contributed by atoms with van der Waals surface area (Å²) in [4.78, 5) is 26.2. The minimum atomic E-state index is -6.72. The number of alkyl halides is 6. The van der Waals surface area contributed by atoms with E-state index in [2.05, 4.69) is 31.1 Å². The van der Waals surface area contributed by atoms with Crippen LogP contribution in [-0.4, -0.2) is 77.3 Å². The number of halogens is 6. The summed E-state index contributed by atoms with van der Waals surface area (Å²) in [5, 5.41) is 2.82. The Kier molecular flexibility index (Phi) is 16.0. The normalized spacial score (nSPS) is 12.4. The third kappa shape index (κ3) is 14.0. The quantitative estimate of drug-likeness (QED) is 0.0911. The van der Waals surface area contributed by atoms with Gasteiger partial charge in [0.2, 0.25) is 6.08 Å². The van der Waals surface area contributed by atoms with Crippen molar-refractivity contribution < 1.29 is 62.0 Å². The van der Waals surface area contributed by atoms with E-state index in [0.29, 0.717) is 18.0 Å². The van der Waals surface area contributed by atoms with E-state index in [1.165, 1.54) is 0 Å². The minimum absolute atomic E-state index is 0.410. The highest BCUT2D eigenvalue weighted by Crippen LogP contribution is 2.36. The molecular formula is C28H36F6N4O7S2. The second-order valence-electron chi connectivity index (χ2n) is 10.2. The van der Waals surface area contributed by atoms with Crippen LogP contribution in [-0.2, 0) is 36.0 Å². The second-order valence-corrected chi connectivity index (χ2v) is 13.6. The van der Waals surface area contributed by atoms with E-state index in [4.69, 9.17) is 4.74 Å². The van der Waals surface area contributed by atoms with Crippen LogP contribution in [0.1, 0.15) is 51.2 Å². The van der Waals surface area contributed by atoms with E-state index >= 15 is 0 Å². The van der Waals surface area contributed by atoms with Gasteiger partial charge in [0, 0.05) is 5.69 Å². The van der Waals surface area contributed by atoms with Crippen molar-refractivity contribution in [3.8, 4) is 0 Å². The molecule has 0 aromatic heterocycles. The van der Waals surface area contributed by atoms with Gasteiger partial charge in [0.15, 0.2) is 20.0 Å². The average molecular weight is 719 g/mol. The highest BCUT2D eigenvalue weighted by Gasteiger charge is 2.47. The molecule has 0 aliphatic heterocycles. The van der Waals surface area contributed by atoms with Crippen molar-refractivity contribution in [3.05, 3.63) is 63.8 Å². The van der Waals surface area contributed by atoms with E-state index in [1.54, 1.807) is 18.2 Å². The third-order valence-electron chi connectivity index (χ3n) is 6.39. The molecule has 2 aromatic rings. The predicted molar refractivity (Wildman–Crippen MR) is 162 cm³/mol. The Bertz CT molecular complexity index is 1480. The molecule has 2 rings (SSSR count). The second kappa shape index (κ2) is 18.1. The molecule has 1 amide bonds. The van der Waals surface area contributed by atoms with E-state index in [-0.39, 0.29) is 0 Å². The zero-order chi connectivity index (χ0) is 35.9. The predicted octanol–water partition coefficient (Wildman–Crippen LogP) is 6.90. The van der Waals surface area contributed by atoms with Crippen molar-refractivity contribution in [2.75, 3.05) is 38.1 Å². The van der Waals surface area contributed by atoms with Gasteiger partial charge in [-0.3, -0.25) is 5.32 Å². The number of sulfonamides is 2. The standard InChI is InChI=1S/C26H35N3O3.C2F6NO4S2/c1-4-15-29(16-5-2,17-6-3)18-19-32-26(31)28-25-13-9-23(10-14-25)20-22-7-11-24(12-8-22)27-21-30;3-1(4,5)14(10,11)9-15(12,13)2(6,7)8/h7-14H,4-6,15-20H2,1-3H3;/q;-1/p+1. The number of aliphatic imine (C=N–C) groups is 1. The van der Waals surface area contributed by atoms with Crippen LogP contribution in [0.4, 0.5) is 42.5 Å². The molecule has 0 saturated heterocycles. The zero-order valence-electron chi connectivity index (χ0n) is 25.8. The number of quaternary nitrogens is 1. The number of nitrogens with one attached hydrogen (secondary N) is 1. The molecule has 0 aliphatic rings. The van der Waals surface area contributed by atoms with Gasteiger partial charge in [0.05, 0.1) is 25.3 Å². The topological polar surface area (TPSA) is 150 Å². The van der Waals surface area contributed by atoms with Gasteiger partial charge in [-0.05, 0) is 61.1 Å². The summed E-state index contributed by atoms with van der Waals surface area (Å²) in [6, 6.07) is 15.2. The first-order chi connectivity index (χ1) is 21.7. The molecule has 0 spiro atoms. The number of hydrogen-bond donors (Lipinski definition) is 1. The van der Waals surface area contributed by atoms with Gasteiger partial charge in [-0.15, -0.1) is 0 Å². The molecule has 11 nitrogen and oxygen atoms in total. The largest absolute Gasteiger partial charge is 0.480 e. The number of benzene rings is 2. The first kappa shape index (κ1) is 41.5. The highest BCUT2D eigenvalue weighted by molar-refractivity contribution is 8.13. The van der Waals surface area contributed by atoms with E-state index in [1.807, 2.05) is 36.4 Å². The zero-order valence-corrected chi connectivity index (χ0v) is 27.4. The van der Waals surface area contributed by atoms with Crippen LogP contribution < -0.4 is 5.32 Å². The lowest BCUT2D eigenvalue weighted by molar-refractivity contribution is -0.928. The summed E-state index contributed by atoms with van der Waals surface area (Å²) in [5.74, 6) is 0. The van der Waals surface area contributed by atoms with Crippen LogP contribution in [0.2, 0.25) is 0 Å². The number of isocyanates is 1. The lowest BCUT2D eigenvalue weighted by Gasteiger charge is -2.38. The molecule has 264 valence electrons. The van der Waals surface area contributed by atoms with E-state index in [9.17, 15) is 52.8 Å². The molecule has 0 saturated carbocycles. The lowest BCUT2D eigenvalue weighted by atomic mass is 10.0. The van der Waals surface area contributed by atoms with E-state index in [0.717, 1.165) is 71.6 Å². The number of ether oxygens (including phenoxy) is 1. The van der Waals surface area contributed by atoms with Gasteiger partial charge < -0.3 is 13.3 Å². The summed E-state index contributed by atoms with van der Waals surface area (Å²) in [7, 11) is -13.4. The van der Waals surface area contributed by atoms with Gasteiger partial charge in [-0.2, -0.15) is 31.3 Å². The molecule has 0 fully saturated rings. The fourth-order valence-electron chi connectivity index (χ4n) is 4.48. The van der Waals surface area contributed by atoms with Crippen molar-refractivity contribution in [3.63, 3.8) is 0 Å². The van der Waals surface area contributed by atoms with Crippen LogP contribution in [0.15, 0.2) is 53.5 Å². The Morgan fingerprint density at radius 2 is 1.21 bits per heavy atom. The van der Waals surface area contributed by atoms with Gasteiger partial charge in [0.1, 0.15) is 13.2 Å². The molecule has 0 bridgehead atoms. The Balaban J connectivity index is 0.000000620. The number of anilines is 1. The summed E-state index contributed by atoms with van der Waals surface area (Å²) in [6.07, 6.45) is 5.29. The number of carbonyl (C=O) groups excluding carboxylic acids is 2. The van der Waals surface area contributed by atoms with Crippen LogP contribution >= 0.6 is 0 Å². The summed E-state index contributed by atoms with van der Waals surface area (Å²) in [6.45, 7) is 11.3. The summed E-state index contributed by atoms with van der Waals surface area (Å²) in [5.41, 5.74) is -8.86. The number of rotatable bonds is 15. The van der Waals surface area contributed by atoms with Crippen LogP contribution in [0.25, 0.3) is 4.13 Å². The maximum atomic E-state index is 12.3. The molecule has 0 radical (unpaired) electrons. The minimum Gasteiger partial charge on any atom is -0.443 e. The summed E-state index contributed by atoms with van der Waals surface area (Å²) >= 11 is 0. The first-order valence-corrected chi connectivity index (χ1v) is 17.0. The van der Waals surface area contributed by atoms with Crippen molar-refractivity contribution in [2.24, 2.45) is 4.99 Å². The first-order valence-electron chi connectivity index (χ1n) is 14.2. The third-order valence-corrected chi connectivity index (χ3v) is 9.13. The molecule has 0 unspecified atom stereocenters. The van der Waals surface area contributed by atoms with Crippen molar-refractivity contribution in [1.29, 1.82) is 0 Å². The van der Waals surface area contributed by atoms with Gasteiger partial charge in [0.25, 0.3) is 0 Å². The monoisotopic (exact) mass is 718 g/mol. The molecule has 1 N–H and O–H groups in total. The maximum absolute atomic E-state index is 12.3. The molecule has 47 heavy (non-hydrogen) atoms. The molecule has 2 aromatic carbocycles. The molecule has 0 atom stereocenters. The van der Waals surface area contributed by atoms with Gasteiger partial charge >= 0.3 is 17.1 Å². The van der Waals surface area contributed by atoms with Crippen molar-refractivity contribution >= 4 is 43.6 Å². The lowest BCUT2D eigenvalue weighted by Crippen LogP contribution is -2.51. The Morgan fingerprint density at radius 3 is 1.60 bits per heavy atom. The van der Waals surface area contributed by atoms with Crippen LogP contribution in [0.3, 0.4) is 0 Å². The smallest absolute Gasteiger partial charge is 0.443 e. The Morgan fingerprint density at radius 1 is 0.787 bits per heavy atom. The maximum Gasteiger partial charge on any atom is 0.480 e. The van der Waals surface area contributed by atoms with Crippen molar-refractivity contribution in [1.82, 2.24) is 0 Å². The van der Waals surface area contributed by atoms with E-state index < -0.39 is 37.2 Å². The molecule has 0 aliphatic carbocycles. The number of nitrogens with zero attached hydrogens (tertiary/aromatic N) is 3. The number of hydrogen-bond acceptors (Lipinski definition) is 8. The Labute approximate surface area is 269 Å². The number of carbonyl (C=O) groups is 1. The van der Waals surface area contributed by atoms with Gasteiger partial charge in [-0.25, -0.2) is 26.4 Å². The molecule has 0 heterocycles. The Hall–Kier alpha value is -3.51. The number of amides is 1. The fourth-order valence-corrected chi connectivity index (χ4v) is 6.19. The summed E-state index contributed by atoms with van der Waals surface area (Å²) < 4.78 is 116. The van der Waals surface area contributed by atoms with Crippen molar-refractivity contribution in [2.45, 2.75) is 57.5 Å². The average Bonchev–Trinajstić information content (AvgIpc) is 2.94. The highest BCUT2D eigenvalue weighted by atomic mass is 32.3. The molecule has 19 heteroatoms. The SMILES string of the molecule is CCC[N+](CCC)(CCC)CCOC(=O)Nc1ccc(Cc2ccc(N=C=O)cc2)cc1.O=S(=O)([N-]S(=O)(=O)C(F)(F)F)C(F)(F)F. The fraction of sp³-hybridized carbons (Fsp3) is 0.500.